The van der Waals surface area contributed by atoms with Crippen LogP contribution in [-0.4, -0.2) is 16.5 Å². The molecule has 1 aromatic heterocycles. The molecule has 1 aliphatic carbocycles. The Morgan fingerprint density at radius 2 is 1.95 bits per heavy atom. The lowest BCUT2D eigenvalue weighted by molar-refractivity contribution is 0.911. The molecule has 21 heavy (non-hydrogen) atoms. The molecular weight excluding hydrogens is 258 g/mol. The van der Waals surface area contributed by atoms with Gasteiger partial charge in [-0.1, -0.05) is 24.6 Å². The minimum Gasteiger partial charge on any atom is -0.370 e. The molecule has 1 N–H and O–H groups in total. The lowest BCUT2D eigenvalue weighted by Crippen LogP contribution is -2.06. The molecule has 3 rings (SSSR count). The number of nitrogens with zero attached hydrogens (tertiary/aromatic N) is 2. The normalized spacial score (nSPS) is 14.2. The van der Waals surface area contributed by atoms with Gasteiger partial charge in [-0.05, 0) is 44.7 Å². The molecule has 1 aliphatic rings. The van der Waals surface area contributed by atoms with Crippen molar-refractivity contribution >= 4 is 5.82 Å². The fraction of sp³-hybridized carbons (Fsp3) is 0.444. The molecule has 0 saturated heterocycles. The van der Waals surface area contributed by atoms with Crippen LogP contribution in [0, 0.1) is 13.8 Å². The Balaban J connectivity index is 2.03. The molecule has 1 saturated carbocycles. The van der Waals surface area contributed by atoms with E-state index in [1.807, 2.05) is 0 Å². The molecule has 0 radical (unpaired) electrons. The largest absolute Gasteiger partial charge is 0.370 e. The van der Waals surface area contributed by atoms with Gasteiger partial charge in [0.1, 0.15) is 11.6 Å². The summed E-state index contributed by atoms with van der Waals surface area (Å²) in [5, 5.41) is 3.41. The van der Waals surface area contributed by atoms with Crippen LogP contribution in [0.5, 0.6) is 0 Å². The predicted molar refractivity (Wildman–Crippen MR) is 87.7 cm³/mol. The third kappa shape index (κ3) is 3.23. The quantitative estimate of drug-likeness (QED) is 0.879. The Morgan fingerprint density at radius 1 is 1.14 bits per heavy atom. The van der Waals surface area contributed by atoms with Gasteiger partial charge in [-0.3, -0.25) is 0 Å². The second-order valence-corrected chi connectivity index (χ2v) is 6.02. The zero-order valence-electron chi connectivity index (χ0n) is 13.1. The second-order valence-electron chi connectivity index (χ2n) is 6.02. The highest BCUT2D eigenvalue weighted by Crippen LogP contribution is 2.39. The third-order valence-corrected chi connectivity index (χ3v) is 3.91. The van der Waals surface area contributed by atoms with Crippen molar-refractivity contribution in [2.24, 2.45) is 0 Å². The number of rotatable bonds is 5. The summed E-state index contributed by atoms with van der Waals surface area (Å²) >= 11 is 0. The maximum absolute atomic E-state index is 4.82. The van der Waals surface area contributed by atoms with Crippen LogP contribution in [0.25, 0.3) is 11.3 Å². The van der Waals surface area contributed by atoms with Gasteiger partial charge >= 0.3 is 0 Å². The van der Waals surface area contributed by atoms with Crippen LogP contribution in [0.4, 0.5) is 5.82 Å². The van der Waals surface area contributed by atoms with E-state index in [4.69, 9.17) is 4.98 Å². The maximum Gasteiger partial charge on any atom is 0.134 e. The van der Waals surface area contributed by atoms with Crippen molar-refractivity contribution in [1.82, 2.24) is 9.97 Å². The van der Waals surface area contributed by atoms with Crippen molar-refractivity contribution in [2.75, 3.05) is 11.9 Å². The zero-order valence-corrected chi connectivity index (χ0v) is 13.1. The predicted octanol–water partition coefficient (Wildman–Crippen LogP) is 4.46. The number of anilines is 1. The average molecular weight is 281 g/mol. The van der Waals surface area contributed by atoms with Crippen molar-refractivity contribution in [2.45, 2.75) is 46.0 Å². The highest BCUT2D eigenvalue weighted by Gasteiger charge is 2.27. The summed E-state index contributed by atoms with van der Waals surface area (Å²) in [4.78, 5) is 9.51. The van der Waals surface area contributed by atoms with Crippen LogP contribution in [0.1, 0.15) is 49.1 Å². The Kier molecular flexibility index (Phi) is 3.91. The standard InChI is InChI=1S/C18H23N3/c1-4-9-19-17-11-16(20-18(21-17)14-7-8-14)15-10-12(2)5-6-13(15)3/h5-6,10-11,14H,4,7-9H2,1-3H3,(H,19,20,21). The van der Waals surface area contributed by atoms with Crippen LogP contribution in [-0.2, 0) is 0 Å². The highest BCUT2D eigenvalue weighted by molar-refractivity contribution is 5.67. The molecule has 1 fully saturated rings. The van der Waals surface area contributed by atoms with Gasteiger partial charge in [-0.15, -0.1) is 0 Å². The van der Waals surface area contributed by atoms with E-state index in [2.05, 4.69) is 55.3 Å². The molecule has 0 unspecified atom stereocenters. The van der Waals surface area contributed by atoms with Crippen molar-refractivity contribution < 1.29 is 0 Å². The topological polar surface area (TPSA) is 37.8 Å². The number of aryl methyl sites for hydroxylation is 2. The Bertz CT molecular complexity index is 645. The van der Waals surface area contributed by atoms with Crippen LogP contribution in [0.15, 0.2) is 24.3 Å². The van der Waals surface area contributed by atoms with Crippen LogP contribution < -0.4 is 5.32 Å². The minimum atomic E-state index is 0.567. The molecule has 1 aromatic carbocycles. The maximum atomic E-state index is 4.82. The van der Waals surface area contributed by atoms with Gasteiger partial charge in [0.2, 0.25) is 0 Å². The lowest BCUT2D eigenvalue weighted by atomic mass is 10.0. The van der Waals surface area contributed by atoms with Gasteiger partial charge in [0.25, 0.3) is 0 Å². The monoisotopic (exact) mass is 281 g/mol. The first-order valence-corrected chi connectivity index (χ1v) is 7.88. The highest BCUT2D eigenvalue weighted by atomic mass is 15.0. The van der Waals surface area contributed by atoms with Crippen molar-refractivity contribution in [3.63, 3.8) is 0 Å². The van der Waals surface area contributed by atoms with E-state index in [1.165, 1.54) is 29.5 Å². The smallest absolute Gasteiger partial charge is 0.134 e. The summed E-state index contributed by atoms with van der Waals surface area (Å²) < 4.78 is 0. The van der Waals surface area contributed by atoms with E-state index in [9.17, 15) is 0 Å². The second kappa shape index (κ2) is 5.84. The molecule has 2 aromatic rings. The molecule has 0 aliphatic heterocycles. The van der Waals surface area contributed by atoms with E-state index in [0.717, 1.165) is 30.3 Å². The first kappa shape index (κ1) is 14.1. The number of aromatic nitrogens is 2. The summed E-state index contributed by atoms with van der Waals surface area (Å²) in [5.41, 5.74) is 4.80. The van der Waals surface area contributed by atoms with Gasteiger partial charge in [-0.25, -0.2) is 9.97 Å². The summed E-state index contributed by atoms with van der Waals surface area (Å²) in [5.74, 6) is 2.54. The molecule has 3 heteroatoms. The summed E-state index contributed by atoms with van der Waals surface area (Å²) in [7, 11) is 0. The van der Waals surface area contributed by atoms with E-state index < -0.39 is 0 Å². The third-order valence-electron chi connectivity index (χ3n) is 3.91. The van der Waals surface area contributed by atoms with Crippen LogP contribution in [0.2, 0.25) is 0 Å². The van der Waals surface area contributed by atoms with Crippen LogP contribution >= 0.6 is 0 Å². The summed E-state index contributed by atoms with van der Waals surface area (Å²) in [6, 6.07) is 8.63. The Hall–Kier alpha value is -1.90. The minimum absolute atomic E-state index is 0.567. The molecule has 0 spiro atoms. The van der Waals surface area contributed by atoms with Gasteiger partial charge in [-0.2, -0.15) is 0 Å². The van der Waals surface area contributed by atoms with E-state index in [-0.39, 0.29) is 0 Å². The summed E-state index contributed by atoms with van der Waals surface area (Å²) in [6.45, 7) is 7.39. The number of hydrogen-bond acceptors (Lipinski definition) is 3. The number of benzene rings is 1. The molecule has 0 amide bonds. The van der Waals surface area contributed by atoms with Crippen molar-refractivity contribution in [3.05, 3.63) is 41.2 Å². The first-order valence-electron chi connectivity index (χ1n) is 7.88. The number of nitrogens with one attached hydrogen (secondary N) is 1. The molecule has 110 valence electrons. The Labute approximate surface area is 126 Å². The van der Waals surface area contributed by atoms with Gasteiger partial charge in [0.05, 0.1) is 5.69 Å². The van der Waals surface area contributed by atoms with Gasteiger partial charge in [0, 0.05) is 24.1 Å². The zero-order chi connectivity index (χ0) is 14.8. The van der Waals surface area contributed by atoms with Crippen LogP contribution in [0.3, 0.4) is 0 Å². The SMILES string of the molecule is CCCNc1cc(-c2cc(C)ccc2C)nc(C2CC2)n1. The molecular formula is C18H23N3. The van der Waals surface area contributed by atoms with Gasteiger partial charge in [0.15, 0.2) is 0 Å². The lowest BCUT2D eigenvalue weighted by Gasteiger charge is -2.11. The number of hydrogen-bond donors (Lipinski definition) is 1. The van der Waals surface area contributed by atoms with Crippen molar-refractivity contribution in [1.29, 1.82) is 0 Å². The van der Waals surface area contributed by atoms with E-state index in [1.54, 1.807) is 0 Å². The molecule has 0 atom stereocenters. The van der Waals surface area contributed by atoms with Crippen molar-refractivity contribution in [3.8, 4) is 11.3 Å². The van der Waals surface area contributed by atoms with Gasteiger partial charge < -0.3 is 5.32 Å². The first-order chi connectivity index (χ1) is 10.2. The fourth-order valence-corrected chi connectivity index (χ4v) is 2.48. The molecule has 0 bridgehead atoms. The summed E-state index contributed by atoms with van der Waals surface area (Å²) in [6.07, 6.45) is 3.55. The van der Waals surface area contributed by atoms with E-state index >= 15 is 0 Å². The molecule has 3 nitrogen and oxygen atoms in total. The Morgan fingerprint density at radius 3 is 2.67 bits per heavy atom. The van der Waals surface area contributed by atoms with E-state index in [0.29, 0.717) is 5.92 Å². The average Bonchev–Trinajstić information content (AvgIpc) is 3.32. The molecule has 1 heterocycles. The fourth-order valence-electron chi connectivity index (χ4n) is 2.48.